The van der Waals surface area contributed by atoms with Crippen molar-refractivity contribution < 1.29 is 9.16 Å². The summed E-state index contributed by atoms with van der Waals surface area (Å²) in [4.78, 5) is 0. The van der Waals surface area contributed by atoms with Crippen LogP contribution in [0.5, 0.6) is 0 Å². The third-order valence-corrected chi connectivity index (χ3v) is 12.0. The average molecular weight is 375 g/mol. The van der Waals surface area contributed by atoms with E-state index < -0.39 is 8.32 Å². The van der Waals surface area contributed by atoms with Crippen LogP contribution in [0.2, 0.25) is 18.1 Å². The highest BCUT2D eigenvalue weighted by Gasteiger charge is 2.66. The van der Waals surface area contributed by atoms with Gasteiger partial charge in [-0.1, -0.05) is 64.4 Å². The van der Waals surface area contributed by atoms with Gasteiger partial charge in [0.25, 0.3) is 0 Å². The first-order chi connectivity index (χ1) is 11.8. The minimum atomic E-state index is -1.81. The highest BCUT2D eigenvalue weighted by atomic mass is 28.4. The van der Waals surface area contributed by atoms with Gasteiger partial charge in [-0.3, -0.25) is 0 Å². The Morgan fingerprint density at radius 2 is 1.85 bits per heavy atom. The van der Waals surface area contributed by atoms with Crippen LogP contribution in [0.4, 0.5) is 0 Å². The smallest absolute Gasteiger partial charge is 0.192 e. The number of hydrogen-bond donors (Lipinski definition) is 0. The van der Waals surface area contributed by atoms with Gasteiger partial charge in [-0.25, -0.2) is 0 Å². The molecule has 2 fully saturated rings. The number of rotatable bonds is 4. The maximum Gasteiger partial charge on any atom is 0.192 e. The minimum absolute atomic E-state index is 0.102. The lowest BCUT2D eigenvalue weighted by Crippen LogP contribution is -2.51. The monoisotopic (exact) mass is 374 g/mol. The van der Waals surface area contributed by atoms with Gasteiger partial charge >= 0.3 is 0 Å². The van der Waals surface area contributed by atoms with Crippen molar-refractivity contribution in [3.8, 4) is 0 Å². The lowest BCUT2D eigenvalue weighted by atomic mass is 9.66. The molecule has 0 spiro atoms. The maximum absolute atomic E-state index is 6.90. The molecule has 0 saturated carbocycles. The van der Waals surface area contributed by atoms with Crippen LogP contribution in [-0.4, -0.2) is 25.6 Å². The quantitative estimate of drug-likeness (QED) is 0.564. The van der Waals surface area contributed by atoms with Gasteiger partial charge in [0.2, 0.25) is 0 Å². The Kier molecular flexibility index (Phi) is 4.78. The second-order valence-corrected chi connectivity index (χ2v) is 15.5. The molecule has 0 aromatic heterocycles. The Hall–Kier alpha value is -0.643. The molecule has 1 aromatic carbocycles. The molecule has 4 atom stereocenters. The molecule has 0 N–H and O–H groups in total. The summed E-state index contributed by atoms with van der Waals surface area (Å²) in [6.07, 6.45) is 2.30. The molecule has 2 bridgehead atoms. The first kappa shape index (κ1) is 20.1. The van der Waals surface area contributed by atoms with Crippen molar-refractivity contribution in [2.45, 2.75) is 103 Å². The summed E-state index contributed by atoms with van der Waals surface area (Å²) in [5, 5.41) is 0.228. The summed E-state index contributed by atoms with van der Waals surface area (Å²) >= 11 is 0. The fourth-order valence-electron chi connectivity index (χ4n) is 4.75. The summed E-state index contributed by atoms with van der Waals surface area (Å²) in [7, 11) is -1.81. The zero-order chi connectivity index (χ0) is 19.5. The van der Waals surface area contributed by atoms with Gasteiger partial charge in [-0.05, 0) is 49.9 Å². The Balaban J connectivity index is 1.93. The molecule has 3 heteroatoms. The zero-order valence-electron chi connectivity index (χ0n) is 18.3. The molecule has 2 saturated heterocycles. The van der Waals surface area contributed by atoms with E-state index in [1.54, 1.807) is 0 Å². The van der Waals surface area contributed by atoms with E-state index in [2.05, 4.69) is 85.8 Å². The molecule has 0 amide bonds. The van der Waals surface area contributed by atoms with Crippen LogP contribution in [-0.2, 0) is 9.16 Å². The van der Waals surface area contributed by atoms with E-state index in [4.69, 9.17) is 9.16 Å². The normalized spacial score (nSPS) is 34.7. The van der Waals surface area contributed by atoms with Gasteiger partial charge in [-0.15, -0.1) is 0 Å². The first-order valence-electron chi connectivity index (χ1n) is 10.3. The number of ether oxygens (including phenoxy) is 1. The van der Waals surface area contributed by atoms with Gasteiger partial charge in [-0.2, -0.15) is 0 Å². The minimum Gasteiger partial charge on any atom is -0.411 e. The van der Waals surface area contributed by atoms with Crippen molar-refractivity contribution in [1.82, 2.24) is 0 Å². The largest absolute Gasteiger partial charge is 0.411 e. The second kappa shape index (κ2) is 6.18. The van der Waals surface area contributed by atoms with Gasteiger partial charge in [0, 0.05) is 12.3 Å². The third kappa shape index (κ3) is 3.10. The number of hydrogen-bond acceptors (Lipinski definition) is 2. The molecule has 2 aliphatic heterocycles. The van der Waals surface area contributed by atoms with E-state index in [0.29, 0.717) is 11.8 Å². The van der Waals surface area contributed by atoms with Crippen LogP contribution in [0.1, 0.15) is 71.4 Å². The molecule has 2 aliphatic rings. The van der Waals surface area contributed by atoms with Gasteiger partial charge in [0.15, 0.2) is 8.32 Å². The molecule has 1 unspecified atom stereocenters. The molecule has 0 radical (unpaired) electrons. The van der Waals surface area contributed by atoms with E-state index in [1.807, 2.05) is 0 Å². The van der Waals surface area contributed by atoms with E-state index in [-0.39, 0.29) is 22.3 Å². The van der Waals surface area contributed by atoms with Crippen LogP contribution >= 0.6 is 0 Å². The van der Waals surface area contributed by atoms with Crippen LogP contribution < -0.4 is 0 Å². The Morgan fingerprint density at radius 1 is 1.19 bits per heavy atom. The molecule has 2 heterocycles. The average Bonchev–Trinajstić information content (AvgIpc) is 2.95. The first-order valence-corrected chi connectivity index (χ1v) is 13.2. The van der Waals surface area contributed by atoms with Crippen molar-refractivity contribution in [3.63, 3.8) is 0 Å². The predicted octanol–water partition coefficient (Wildman–Crippen LogP) is 6.45. The van der Waals surface area contributed by atoms with Gasteiger partial charge in [0.1, 0.15) is 0 Å². The summed E-state index contributed by atoms with van der Waals surface area (Å²) in [6.45, 7) is 20.8. The molecule has 146 valence electrons. The Labute approximate surface area is 161 Å². The molecule has 1 aromatic rings. The summed E-state index contributed by atoms with van der Waals surface area (Å²) in [5.41, 5.74) is 2.50. The van der Waals surface area contributed by atoms with E-state index in [0.717, 1.165) is 12.8 Å². The number of benzene rings is 1. The van der Waals surface area contributed by atoms with Crippen molar-refractivity contribution >= 4 is 8.32 Å². The zero-order valence-corrected chi connectivity index (χ0v) is 19.3. The topological polar surface area (TPSA) is 18.5 Å². The van der Waals surface area contributed by atoms with Crippen molar-refractivity contribution in [2.75, 3.05) is 0 Å². The number of fused-ring (bicyclic) bond motifs is 2. The summed E-state index contributed by atoms with van der Waals surface area (Å²) in [6, 6.07) is 9.02. The van der Waals surface area contributed by atoms with Crippen molar-refractivity contribution in [1.29, 1.82) is 0 Å². The predicted molar refractivity (Wildman–Crippen MR) is 112 cm³/mol. The standard InChI is InChI=1S/C23H38O2Si/c1-16(2)23-15-20(24-26(8,9)21(4,5)6)22(7,25-23)14-19(23)18-12-10-11-17(3)13-18/h10-13,16,19-20H,14-15H2,1-9H3/t19?,20-,22+,23-/m1/s1. The third-order valence-electron chi connectivity index (χ3n) is 7.47. The van der Waals surface area contributed by atoms with Crippen LogP contribution in [0.3, 0.4) is 0 Å². The van der Waals surface area contributed by atoms with Crippen LogP contribution in [0.15, 0.2) is 24.3 Å². The molecule has 3 rings (SSSR count). The molecule has 2 nitrogen and oxygen atoms in total. The Morgan fingerprint density at radius 3 is 2.38 bits per heavy atom. The summed E-state index contributed by atoms with van der Waals surface area (Å²) in [5.74, 6) is 0.939. The lowest BCUT2D eigenvalue weighted by molar-refractivity contribution is -0.0814. The number of aryl methyl sites for hydroxylation is 1. The highest BCUT2D eigenvalue weighted by Crippen LogP contribution is 2.62. The maximum atomic E-state index is 6.90. The molecular formula is C23H38O2Si. The molecule has 0 aliphatic carbocycles. The van der Waals surface area contributed by atoms with Crippen LogP contribution in [0.25, 0.3) is 0 Å². The fourth-order valence-corrected chi connectivity index (χ4v) is 6.15. The fraction of sp³-hybridized carbons (Fsp3) is 0.739. The van der Waals surface area contributed by atoms with Crippen molar-refractivity contribution in [2.24, 2.45) is 5.92 Å². The summed E-state index contributed by atoms with van der Waals surface area (Å²) < 4.78 is 13.8. The van der Waals surface area contributed by atoms with E-state index >= 15 is 0 Å². The SMILES string of the molecule is Cc1cccc(C2C[C@]3(C)O[C@@]2(C(C)C)C[C@H]3O[Si](C)(C)C(C)(C)C)c1. The van der Waals surface area contributed by atoms with E-state index in [9.17, 15) is 0 Å². The van der Waals surface area contributed by atoms with Crippen LogP contribution in [0, 0.1) is 12.8 Å². The molecule has 26 heavy (non-hydrogen) atoms. The molecular weight excluding hydrogens is 336 g/mol. The lowest BCUT2D eigenvalue weighted by Gasteiger charge is -2.44. The highest BCUT2D eigenvalue weighted by molar-refractivity contribution is 6.74. The second-order valence-electron chi connectivity index (χ2n) is 10.8. The van der Waals surface area contributed by atoms with Gasteiger partial charge in [0.05, 0.1) is 17.3 Å². The Bertz CT molecular complexity index is 675. The van der Waals surface area contributed by atoms with Gasteiger partial charge < -0.3 is 9.16 Å². The van der Waals surface area contributed by atoms with Crippen molar-refractivity contribution in [3.05, 3.63) is 35.4 Å². The van der Waals surface area contributed by atoms with E-state index in [1.165, 1.54) is 11.1 Å².